The van der Waals surface area contributed by atoms with E-state index >= 15 is 0 Å². The Bertz CT molecular complexity index is 3480. The van der Waals surface area contributed by atoms with Gasteiger partial charge in [0.15, 0.2) is 0 Å². The second-order valence-corrected chi connectivity index (χ2v) is 15.6. The van der Waals surface area contributed by atoms with E-state index in [4.69, 9.17) is 0 Å². The molecule has 0 spiro atoms. The number of nitrogens with zero attached hydrogens (tertiary/aromatic N) is 3. The zero-order chi connectivity index (χ0) is 36.7. The summed E-state index contributed by atoms with van der Waals surface area (Å²) in [5, 5.41) is 10.1. The van der Waals surface area contributed by atoms with Crippen molar-refractivity contribution < 1.29 is 0 Å². The van der Waals surface area contributed by atoms with E-state index in [1.807, 2.05) is 11.3 Å². The molecule has 0 bridgehead atoms. The molecule has 0 amide bonds. The van der Waals surface area contributed by atoms with Crippen LogP contribution in [0.25, 0.3) is 85.9 Å². The van der Waals surface area contributed by atoms with Gasteiger partial charge in [-0.25, -0.2) is 0 Å². The van der Waals surface area contributed by atoms with E-state index in [9.17, 15) is 0 Å². The van der Waals surface area contributed by atoms with E-state index in [0.29, 0.717) is 0 Å². The Kier molecular flexibility index (Phi) is 6.80. The summed E-state index contributed by atoms with van der Waals surface area (Å²) in [4.78, 5) is 2.45. The van der Waals surface area contributed by atoms with E-state index < -0.39 is 0 Å². The Morgan fingerprint density at radius 3 is 1.66 bits per heavy atom. The second kappa shape index (κ2) is 12.2. The minimum atomic E-state index is 1.11. The minimum absolute atomic E-state index is 1.11. The molecule has 3 nitrogen and oxygen atoms in total. The van der Waals surface area contributed by atoms with Crippen LogP contribution < -0.4 is 4.90 Å². The lowest BCUT2D eigenvalue weighted by Crippen LogP contribution is -2.10. The number of rotatable bonds is 5. The van der Waals surface area contributed by atoms with Gasteiger partial charge in [0, 0.05) is 59.8 Å². The van der Waals surface area contributed by atoms with Crippen LogP contribution in [0.15, 0.2) is 200 Å². The molecule has 12 rings (SSSR count). The van der Waals surface area contributed by atoms with Crippen molar-refractivity contribution in [3.8, 4) is 11.4 Å². The summed E-state index contributed by atoms with van der Waals surface area (Å²) in [5.41, 5.74) is 10.5. The standard InChI is InChI=1S/C52H33N3S/c1-2-15-36(16-3-1)54-46-21-9-7-18-41(46)45-33-39(29-30-48(45)54)53(49-23-12-20-43-42-19-8-11-24-51(42)56-52(43)49)37-25-27-38(28-26-37)55-47-22-10-6-17-40(47)44-31-34-13-4-5-14-35(34)32-50(44)55/h1-33H. The van der Waals surface area contributed by atoms with Gasteiger partial charge in [0.25, 0.3) is 0 Å². The van der Waals surface area contributed by atoms with E-state index in [0.717, 1.165) is 22.7 Å². The normalized spacial score (nSPS) is 11.9. The van der Waals surface area contributed by atoms with E-state index in [-0.39, 0.29) is 0 Å². The van der Waals surface area contributed by atoms with Crippen molar-refractivity contribution in [2.24, 2.45) is 0 Å². The van der Waals surface area contributed by atoms with Gasteiger partial charge in [-0.15, -0.1) is 11.3 Å². The van der Waals surface area contributed by atoms with Crippen LogP contribution in [-0.4, -0.2) is 9.13 Å². The molecule has 9 aromatic carbocycles. The highest BCUT2D eigenvalue weighted by Crippen LogP contribution is 2.46. The molecule has 0 unspecified atom stereocenters. The topological polar surface area (TPSA) is 13.1 Å². The third-order valence-electron chi connectivity index (χ3n) is 11.5. The quantitative estimate of drug-likeness (QED) is 0.172. The minimum Gasteiger partial charge on any atom is -0.309 e. The first-order valence-electron chi connectivity index (χ1n) is 19.1. The molecule has 0 aliphatic carbocycles. The molecule has 3 heterocycles. The second-order valence-electron chi connectivity index (χ2n) is 14.6. The van der Waals surface area contributed by atoms with E-state index in [1.54, 1.807) is 0 Å². The Labute approximate surface area is 327 Å². The van der Waals surface area contributed by atoms with Gasteiger partial charge in [-0.2, -0.15) is 0 Å². The summed E-state index contributed by atoms with van der Waals surface area (Å²) in [6.45, 7) is 0. The molecule has 0 saturated heterocycles. The summed E-state index contributed by atoms with van der Waals surface area (Å²) in [6, 6.07) is 73.2. The maximum Gasteiger partial charge on any atom is 0.0640 e. The Morgan fingerprint density at radius 2 is 0.893 bits per heavy atom. The SMILES string of the molecule is c1ccc(-n2c3ccccc3c3cc(N(c4ccc(-n5c6ccccc6c6cc7ccccc7cc65)cc4)c4cccc5c4sc4ccccc45)ccc32)cc1. The molecule has 56 heavy (non-hydrogen) atoms. The number of fused-ring (bicyclic) bond motifs is 10. The Balaban J connectivity index is 1.09. The molecule has 3 aromatic heterocycles. The Hall–Kier alpha value is -7.14. The predicted molar refractivity (Wildman–Crippen MR) is 240 cm³/mol. The van der Waals surface area contributed by atoms with Crippen LogP contribution in [-0.2, 0) is 0 Å². The molecule has 0 N–H and O–H groups in total. The van der Waals surface area contributed by atoms with Crippen LogP contribution in [0.3, 0.4) is 0 Å². The molecule has 0 aliphatic heterocycles. The van der Waals surface area contributed by atoms with Crippen LogP contribution in [0.5, 0.6) is 0 Å². The third-order valence-corrected chi connectivity index (χ3v) is 12.7. The van der Waals surface area contributed by atoms with Gasteiger partial charge in [0.2, 0.25) is 0 Å². The van der Waals surface area contributed by atoms with Crippen LogP contribution >= 0.6 is 11.3 Å². The lowest BCUT2D eigenvalue weighted by Gasteiger charge is -2.26. The fourth-order valence-electron chi connectivity index (χ4n) is 8.97. The first kappa shape index (κ1) is 31.2. The third kappa shape index (κ3) is 4.63. The highest BCUT2D eigenvalue weighted by molar-refractivity contribution is 7.26. The zero-order valence-corrected chi connectivity index (χ0v) is 31.1. The summed E-state index contributed by atoms with van der Waals surface area (Å²) in [5.74, 6) is 0. The average molecular weight is 732 g/mol. The van der Waals surface area contributed by atoms with E-state index in [1.165, 1.54) is 80.2 Å². The van der Waals surface area contributed by atoms with Gasteiger partial charge in [0.1, 0.15) is 0 Å². The number of para-hydroxylation sites is 3. The van der Waals surface area contributed by atoms with Crippen molar-refractivity contribution in [3.05, 3.63) is 200 Å². The molecule has 262 valence electrons. The van der Waals surface area contributed by atoms with E-state index in [2.05, 4.69) is 214 Å². The maximum atomic E-state index is 2.45. The number of benzene rings is 9. The average Bonchev–Trinajstić information content (AvgIpc) is 3.91. The van der Waals surface area contributed by atoms with Crippen molar-refractivity contribution in [2.45, 2.75) is 0 Å². The summed E-state index contributed by atoms with van der Waals surface area (Å²) >= 11 is 1.87. The van der Waals surface area contributed by atoms with Crippen LogP contribution in [0.4, 0.5) is 17.1 Å². The van der Waals surface area contributed by atoms with Crippen LogP contribution in [0.1, 0.15) is 0 Å². The summed E-state index contributed by atoms with van der Waals surface area (Å²) < 4.78 is 7.38. The largest absolute Gasteiger partial charge is 0.309 e. The Morgan fingerprint density at radius 1 is 0.339 bits per heavy atom. The predicted octanol–water partition coefficient (Wildman–Crippen LogP) is 14.9. The van der Waals surface area contributed by atoms with Crippen LogP contribution in [0.2, 0.25) is 0 Å². The molecule has 0 atom stereocenters. The lowest BCUT2D eigenvalue weighted by atomic mass is 10.1. The molecular weight excluding hydrogens is 699 g/mol. The molecule has 0 fully saturated rings. The van der Waals surface area contributed by atoms with Gasteiger partial charge in [-0.1, -0.05) is 109 Å². The van der Waals surface area contributed by atoms with Crippen molar-refractivity contribution in [2.75, 3.05) is 4.90 Å². The van der Waals surface area contributed by atoms with Gasteiger partial charge in [-0.3, -0.25) is 0 Å². The number of anilines is 3. The molecule has 12 aromatic rings. The van der Waals surface area contributed by atoms with Gasteiger partial charge in [0.05, 0.1) is 32.5 Å². The summed E-state index contributed by atoms with van der Waals surface area (Å²) in [6.07, 6.45) is 0. The summed E-state index contributed by atoms with van der Waals surface area (Å²) in [7, 11) is 0. The highest BCUT2D eigenvalue weighted by Gasteiger charge is 2.21. The monoisotopic (exact) mass is 731 g/mol. The maximum absolute atomic E-state index is 2.45. The fourth-order valence-corrected chi connectivity index (χ4v) is 10.2. The molecule has 0 saturated carbocycles. The first-order valence-corrected chi connectivity index (χ1v) is 19.9. The number of hydrogen-bond acceptors (Lipinski definition) is 2. The number of aromatic nitrogens is 2. The van der Waals surface area contributed by atoms with Gasteiger partial charge in [-0.05, 0) is 102 Å². The van der Waals surface area contributed by atoms with Gasteiger partial charge < -0.3 is 14.0 Å². The highest BCUT2D eigenvalue weighted by atomic mass is 32.1. The number of thiophene rings is 1. The molecule has 0 aliphatic rings. The van der Waals surface area contributed by atoms with Gasteiger partial charge >= 0.3 is 0 Å². The molecule has 4 heteroatoms. The fraction of sp³-hybridized carbons (Fsp3) is 0. The van der Waals surface area contributed by atoms with Crippen molar-refractivity contribution in [1.29, 1.82) is 0 Å². The smallest absolute Gasteiger partial charge is 0.0640 e. The zero-order valence-electron chi connectivity index (χ0n) is 30.3. The lowest BCUT2D eigenvalue weighted by molar-refractivity contribution is 1.17. The van der Waals surface area contributed by atoms with Crippen molar-refractivity contribution in [1.82, 2.24) is 9.13 Å². The number of hydrogen-bond donors (Lipinski definition) is 0. The van der Waals surface area contributed by atoms with Crippen molar-refractivity contribution in [3.63, 3.8) is 0 Å². The first-order chi connectivity index (χ1) is 27.8. The van der Waals surface area contributed by atoms with Crippen molar-refractivity contribution >= 4 is 103 Å². The molecular formula is C52H33N3S. The molecule has 0 radical (unpaired) electrons. The van der Waals surface area contributed by atoms with Crippen LogP contribution in [0, 0.1) is 0 Å².